The number of carbonyl (C=O) groups is 1. The molecule has 0 unspecified atom stereocenters. The molecule has 1 amide bonds. The van der Waals surface area contributed by atoms with Gasteiger partial charge in [0.2, 0.25) is 0 Å². The number of pyridine rings is 1. The smallest absolute Gasteiger partial charge is 0.387 e. The fourth-order valence-electron chi connectivity index (χ4n) is 2.81. The Bertz CT molecular complexity index is 790. The molecule has 1 heterocycles. The van der Waals surface area contributed by atoms with Crippen molar-refractivity contribution in [3.63, 3.8) is 0 Å². The third-order valence-electron chi connectivity index (χ3n) is 3.92. The molecule has 0 spiro atoms. The zero-order valence-corrected chi connectivity index (χ0v) is 14.3. The molecule has 0 saturated heterocycles. The van der Waals surface area contributed by atoms with Crippen LogP contribution in [0, 0.1) is 0 Å². The first kappa shape index (κ1) is 17.0. The Labute approximate surface area is 145 Å². The molecule has 1 aliphatic carbocycles. The van der Waals surface area contributed by atoms with Crippen molar-refractivity contribution < 1.29 is 23.4 Å². The van der Waals surface area contributed by atoms with Gasteiger partial charge in [-0.05, 0) is 47.8 Å². The molecule has 0 atom stereocenters. The number of rotatable bonds is 4. The van der Waals surface area contributed by atoms with Crippen molar-refractivity contribution in [1.82, 2.24) is 10.3 Å². The van der Waals surface area contributed by atoms with Gasteiger partial charge >= 0.3 is 6.61 Å². The van der Waals surface area contributed by atoms with E-state index in [1.54, 1.807) is 19.1 Å². The maximum absolute atomic E-state index is 12.4. The van der Waals surface area contributed by atoms with E-state index < -0.39 is 12.2 Å². The highest BCUT2D eigenvalue weighted by Gasteiger charge is 2.39. The van der Waals surface area contributed by atoms with E-state index in [0.29, 0.717) is 33.8 Å². The van der Waals surface area contributed by atoms with E-state index in [2.05, 4.69) is 31.0 Å². The van der Waals surface area contributed by atoms with Gasteiger partial charge in [0.05, 0.1) is 21.2 Å². The standard InChI is InChI=1S/C16H15BrF2N2O3/c1-16(23)5-10(6-16)21-14(22)9-2-8-3-11(17)13(24-15(18)19)4-12(8)20-7-9/h2-4,7,10,15,23H,5-6H2,1H3,(H,21,22). The van der Waals surface area contributed by atoms with Gasteiger partial charge in [-0.25, -0.2) is 0 Å². The van der Waals surface area contributed by atoms with Crippen LogP contribution in [0.1, 0.15) is 30.1 Å². The van der Waals surface area contributed by atoms with E-state index in [9.17, 15) is 18.7 Å². The topological polar surface area (TPSA) is 71.5 Å². The minimum atomic E-state index is -2.93. The van der Waals surface area contributed by atoms with Crippen molar-refractivity contribution in [2.24, 2.45) is 0 Å². The molecule has 3 rings (SSSR count). The summed E-state index contributed by atoms with van der Waals surface area (Å²) in [6.45, 7) is -1.20. The number of hydrogen-bond donors (Lipinski definition) is 2. The average molecular weight is 401 g/mol. The summed E-state index contributed by atoms with van der Waals surface area (Å²) in [5.74, 6) is -0.298. The van der Waals surface area contributed by atoms with Crippen LogP contribution in [0.25, 0.3) is 10.9 Å². The first-order chi connectivity index (χ1) is 11.2. The van der Waals surface area contributed by atoms with Crippen molar-refractivity contribution in [1.29, 1.82) is 0 Å². The molecule has 0 bridgehead atoms. The first-order valence-corrected chi connectivity index (χ1v) is 8.10. The number of aromatic nitrogens is 1. The van der Waals surface area contributed by atoms with Crippen LogP contribution in [0.15, 0.2) is 28.9 Å². The van der Waals surface area contributed by atoms with Crippen molar-refractivity contribution in [3.05, 3.63) is 34.4 Å². The second-order valence-corrected chi connectivity index (χ2v) is 7.01. The number of ether oxygens (including phenoxy) is 1. The number of alkyl halides is 2. The van der Waals surface area contributed by atoms with Gasteiger partial charge in [0.15, 0.2) is 0 Å². The number of fused-ring (bicyclic) bond motifs is 1. The van der Waals surface area contributed by atoms with E-state index in [4.69, 9.17) is 0 Å². The summed E-state index contributed by atoms with van der Waals surface area (Å²) < 4.78 is 29.5. The van der Waals surface area contributed by atoms with Gasteiger partial charge in [0.1, 0.15) is 5.75 Å². The van der Waals surface area contributed by atoms with Crippen molar-refractivity contribution >= 4 is 32.7 Å². The number of nitrogens with zero attached hydrogens (tertiary/aromatic N) is 1. The molecule has 0 radical (unpaired) electrons. The van der Waals surface area contributed by atoms with Crippen LogP contribution in [0.3, 0.4) is 0 Å². The van der Waals surface area contributed by atoms with Crippen LogP contribution >= 0.6 is 15.9 Å². The van der Waals surface area contributed by atoms with Crippen LogP contribution in [0.5, 0.6) is 5.75 Å². The third kappa shape index (κ3) is 3.64. The molecule has 1 aliphatic rings. The normalized spacial score (nSPS) is 23.2. The molecule has 8 heteroatoms. The summed E-state index contributed by atoms with van der Waals surface area (Å²) in [5, 5.41) is 13.1. The molecule has 0 aliphatic heterocycles. The maximum atomic E-state index is 12.4. The van der Waals surface area contributed by atoms with Crippen LogP contribution in [0.2, 0.25) is 0 Å². The van der Waals surface area contributed by atoms with Crippen LogP contribution in [0.4, 0.5) is 8.78 Å². The Kier molecular flexibility index (Phi) is 4.44. The summed E-state index contributed by atoms with van der Waals surface area (Å²) in [6, 6.07) is 4.53. The molecular formula is C16H15BrF2N2O3. The van der Waals surface area contributed by atoms with Gasteiger partial charge < -0.3 is 15.2 Å². The molecule has 5 nitrogen and oxygen atoms in total. The van der Waals surface area contributed by atoms with Gasteiger partial charge in [-0.1, -0.05) is 0 Å². The van der Waals surface area contributed by atoms with Crippen LogP contribution in [-0.4, -0.2) is 34.3 Å². The number of aliphatic hydroxyl groups is 1. The van der Waals surface area contributed by atoms with E-state index in [0.717, 1.165) is 0 Å². The Morgan fingerprint density at radius 3 is 2.79 bits per heavy atom. The molecule has 2 aromatic rings. The van der Waals surface area contributed by atoms with E-state index in [1.807, 2.05) is 0 Å². The highest BCUT2D eigenvalue weighted by Crippen LogP contribution is 2.32. The first-order valence-electron chi connectivity index (χ1n) is 7.31. The van der Waals surface area contributed by atoms with Crippen molar-refractivity contribution in [2.75, 3.05) is 0 Å². The molecular weight excluding hydrogens is 386 g/mol. The van der Waals surface area contributed by atoms with Crippen LogP contribution in [-0.2, 0) is 0 Å². The zero-order valence-electron chi connectivity index (χ0n) is 12.7. The number of benzene rings is 1. The largest absolute Gasteiger partial charge is 0.434 e. The summed E-state index contributed by atoms with van der Waals surface area (Å²) in [4.78, 5) is 16.4. The molecule has 2 N–H and O–H groups in total. The van der Waals surface area contributed by atoms with E-state index in [1.165, 1.54) is 12.3 Å². The number of halogens is 3. The maximum Gasteiger partial charge on any atom is 0.387 e. The summed E-state index contributed by atoms with van der Waals surface area (Å²) in [6.07, 6.45) is 2.41. The molecule has 128 valence electrons. The molecule has 24 heavy (non-hydrogen) atoms. The van der Waals surface area contributed by atoms with Crippen LogP contribution < -0.4 is 10.1 Å². The second-order valence-electron chi connectivity index (χ2n) is 6.15. The minimum absolute atomic E-state index is 0.0149. The van der Waals surface area contributed by atoms with Gasteiger partial charge in [-0.2, -0.15) is 8.78 Å². The van der Waals surface area contributed by atoms with Gasteiger partial charge in [-0.3, -0.25) is 9.78 Å². The van der Waals surface area contributed by atoms with Crippen molar-refractivity contribution in [2.45, 2.75) is 38.0 Å². The van der Waals surface area contributed by atoms with Gasteiger partial charge in [0, 0.05) is 23.7 Å². The SMILES string of the molecule is CC1(O)CC(NC(=O)c2cnc3cc(OC(F)F)c(Br)cc3c2)C1. The predicted octanol–water partition coefficient (Wildman–Crippen LogP) is 3.24. The highest BCUT2D eigenvalue weighted by molar-refractivity contribution is 9.10. The number of amides is 1. The Balaban J connectivity index is 1.79. The lowest BCUT2D eigenvalue weighted by Gasteiger charge is -2.41. The Hall–Kier alpha value is -1.80. The van der Waals surface area contributed by atoms with Crippen molar-refractivity contribution in [3.8, 4) is 5.75 Å². The molecule has 1 aromatic carbocycles. The Morgan fingerprint density at radius 2 is 2.17 bits per heavy atom. The second kappa shape index (κ2) is 6.25. The Morgan fingerprint density at radius 1 is 1.46 bits per heavy atom. The predicted molar refractivity (Wildman–Crippen MR) is 87.2 cm³/mol. The fraction of sp³-hybridized carbons (Fsp3) is 0.375. The molecule has 1 fully saturated rings. The van der Waals surface area contributed by atoms with Gasteiger partial charge in [0.25, 0.3) is 5.91 Å². The minimum Gasteiger partial charge on any atom is -0.434 e. The van der Waals surface area contributed by atoms with E-state index >= 15 is 0 Å². The lowest BCUT2D eigenvalue weighted by atomic mass is 9.77. The number of hydrogen-bond acceptors (Lipinski definition) is 4. The number of carbonyl (C=O) groups excluding carboxylic acids is 1. The van der Waals surface area contributed by atoms with E-state index in [-0.39, 0.29) is 17.7 Å². The quantitative estimate of drug-likeness (QED) is 0.826. The summed E-state index contributed by atoms with van der Waals surface area (Å²) >= 11 is 3.17. The summed E-state index contributed by atoms with van der Waals surface area (Å²) in [5.41, 5.74) is 0.0893. The van der Waals surface area contributed by atoms with Gasteiger partial charge in [-0.15, -0.1) is 0 Å². The summed E-state index contributed by atoms with van der Waals surface area (Å²) in [7, 11) is 0. The zero-order chi connectivity index (χ0) is 17.5. The molecule has 1 saturated carbocycles. The average Bonchev–Trinajstić information content (AvgIpc) is 2.45. The fourth-order valence-corrected chi connectivity index (χ4v) is 3.27. The monoisotopic (exact) mass is 400 g/mol. The highest BCUT2D eigenvalue weighted by atomic mass is 79.9. The molecule has 1 aromatic heterocycles. The lowest BCUT2D eigenvalue weighted by Crippen LogP contribution is -2.53. The number of nitrogens with one attached hydrogen (secondary N) is 1. The lowest BCUT2D eigenvalue weighted by molar-refractivity contribution is -0.0503. The third-order valence-corrected chi connectivity index (χ3v) is 4.54.